The average Bonchev–Trinajstić information content (AvgIpc) is 2.90. The molecule has 0 aliphatic heterocycles. The summed E-state index contributed by atoms with van der Waals surface area (Å²) in [5, 5.41) is 0. The normalized spacial score (nSPS) is 11.7. The highest BCUT2D eigenvalue weighted by Crippen LogP contribution is 2.47. The van der Waals surface area contributed by atoms with Gasteiger partial charge < -0.3 is 4.74 Å². The second-order valence-electron chi connectivity index (χ2n) is 8.02. The van der Waals surface area contributed by atoms with Crippen LogP contribution in [0.5, 0.6) is 5.75 Å². The van der Waals surface area contributed by atoms with Crippen LogP contribution < -0.4 is 4.74 Å². The van der Waals surface area contributed by atoms with Crippen LogP contribution in [0.15, 0.2) is 121 Å². The SMILES string of the molecule is O=C(CCC(C#CBr)C(c1ccccc1)(c1ccccc1)c1ccccc1)Oc1ccccc1. The Kier molecular flexibility index (Phi) is 7.96. The van der Waals surface area contributed by atoms with Crippen LogP contribution in [0.25, 0.3) is 0 Å². The molecule has 0 aliphatic rings. The molecule has 0 saturated carbocycles. The van der Waals surface area contributed by atoms with Crippen molar-refractivity contribution in [1.29, 1.82) is 0 Å². The number of esters is 1. The second kappa shape index (κ2) is 11.5. The number of carbonyl (C=O) groups is 1. The third-order valence-electron chi connectivity index (χ3n) is 6.05. The van der Waals surface area contributed by atoms with E-state index < -0.39 is 5.41 Å². The van der Waals surface area contributed by atoms with E-state index in [-0.39, 0.29) is 18.3 Å². The highest BCUT2D eigenvalue weighted by Gasteiger charge is 2.43. The van der Waals surface area contributed by atoms with E-state index in [0.29, 0.717) is 12.2 Å². The number of para-hydroxylation sites is 1. The zero-order valence-corrected chi connectivity index (χ0v) is 20.3. The Balaban J connectivity index is 1.80. The zero-order valence-electron chi connectivity index (χ0n) is 18.7. The van der Waals surface area contributed by atoms with E-state index in [9.17, 15) is 4.79 Å². The molecule has 0 aliphatic carbocycles. The molecule has 168 valence electrons. The van der Waals surface area contributed by atoms with Crippen LogP contribution >= 0.6 is 15.9 Å². The van der Waals surface area contributed by atoms with E-state index in [0.717, 1.165) is 16.7 Å². The summed E-state index contributed by atoms with van der Waals surface area (Å²) in [5.74, 6) is 3.49. The van der Waals surface area contributed by atoms with Crippen molar-refractivity contribution < 1.29 is 9.53 Å². The Bertz CT molecular complexity index is 1150. The van der Waals surface area contributed by atoms with Crippen LogP contribution in [0.2, 0.25) is 0 Å². The summed E-state index contributed by atoms with van der Waals surface area (Å²) in [6.45, 7) is 0. The third kappa shape index (κ3) is 5.14. The quantitative estimate of drug-likeness (QED) is 0.107. The van der Waals surface area contributed by atoms with Gasteiger partial charge in [0.25, 0.3) is 0 Å². The van der Waals surface area contributed by atoms with Crippen LogP contribution in [-0.2, 0) is 10.2 Å². The highest BCUT2D eigenvalue weighted by molar-refractivity contribution is 9.12. The molecule has 3 heteroatoms. The Morgan fingerprint density at radius 1 is 0.706 bits per heavy atom. The van der Waals surface area contributed by atoms with Gasteiger partial charge in [0.2, 0.25) is 0 Å². The van der Waals surface area contributed by atoms with E-state index in [4.69, 9.17) is 4.74 Å². The number of halogens is 1. The van der Waals surface area contributed by atoms with Gasteiger partial charge in [-0.1, -0.05) is 115 Å². The molecule has 1 atom stereocenters. The van der Waals surface area contributed by atoms with Crippen molar-refractivity contribution in [2.75, 3.05) is 0 Å². The van der Waals surface area contributed by atoms with Crippen molar-refractivity contribution in [3.63, 3.8) is 0 Å². The molecule has 0 aromatic heterocycles. The summed E-state index contributed by atoms with van der Waals surface area (Å²) in [6, 6.07) is 40.4. The molecule has 0 spiro atoms. The van der Waals surface area contributed by atoms with Gasteiger partial charge in [0, 0.05) is 28.3 Å². The molecular formula is C31H25BrO2. The molecule has 0 heterocycles. The smallest absolute Gasteiger partial charge is 0.311 e. The zero-order chi connectivity index (χ0) is 23.6. The van der Waals surface area contributed by atoms with Crippen molar-refractivity contribution in [2.45, 2.75) is 18.3 Å². The Morgan fingerprint density at radius 3 is 1.53 bits per heavy atom. The van der Waals surface area contributed by atoms with Gasteiger partial charge in [-0.05, 0) is 40.1 Å². The van der Waals surface area contributed by atoms with Crippen LogP contribution in [0.4, 0.5) is 0 Å². The number of rotatable bonds is 8. The maximum atomic E-state index is 12.8. The Labute approximate surface area is 209 Å². The largest absolute Gasteiger partial charge is 0.427 e. The van der Waals surface area contributed by atoms with Crippen molar-refractivity contribution >= 4 is 21.9 Å². The summed E-state index contributed by atoms with van der Waals surface area (Å²) in [4.78, 5) is 15.7. The Hall–Kier alpha value is -3.61. The molecule has 34 heavy (non-hydrogen) atoms. The maximum Gasteiger partial charge on any atom is 0.311 e. The molecule has 4 aromatic rings. The first-order valence-electron chi connectivity index (χ1n) is 11.3. The maximum absolute atomic E-state index is 12.8. The highest BCUT2D eigenvalue weighted by atomic mass is 79.9. The predicted molar refractivity (Wildman–Crippen MR) is 141 cm³/mol. The lowest BCUT2D eigenvalue weighted by Crippen LogP contribution is -2.38. The summed E-state index contributed by atoms with van der Waals surface area (Å²) in [6.07, 6.45) is 0.776. The van der Waals surface area contributed by atoms with E-state index in [2.05, 4.69) is 99.5 Å². The number of hydrogen-bond acceptors (Lipinski definition) is 2. The lowest BCUT2D eigenvalue weighted by atomic mass is 9.61. The molecule has 4 aromatic carbocycles. The van der Waals surface area contributed by atoms with E-state index in [1.807, 2.05) is 36.4 Å². The number of benzene rings is 4. The van der Waals surface area contributed by atoms with Gasteiger partial charge >= 0.3 is 5.97 Å². The van der Waals surface area contributed by atoms with Crippen molar-refractivity contribution in [3.8, 4) is 16.5 Å². The molecule has 4 rings (SSSR count). The fraction of sp³-hybridized carbons (Fsp3) is 0.129. The Morgan fingerprint density at radius 2 is 1.12 bits per heavy atom. The summed E-state index contributed by atoms with van der Waals surface area (Å²) >= 11 is 3.34. The summed E-state index contributed by atoms with van der Waals surface area (Å²) in [7, 11) is 0. The first-order valence-corrected chi connectivity index (χ1v) is 12.1. The fourth-order valence-electron chi connectivity index (χ4n) is 4.60. The summed E-state index contributed by atoms with van der Waals surface area (Å²) in [5.41, 5.74) is 2.81. The predicted octanol–water partition coefficient (Wildman–Crippen LogP) is 7.38. The second-order valence-corrected chi connectivity index (χ2v) is 8.42. The van der Waals surface area contributed by atoms with Gasteiger partial charge in [-0.3, -0.25) is 4.79 Å². The van der Waals surface area contributed by atoms with E-state index in [1.54, 1.807) is 12.1 Å². The van der Waals surface area contributed by atoms with E-state index >= 15 is 0 Å². The topological polar surface area (TPSA) is 26.3 Å². The molecule has 2 nitrogen and oxygen atoms in total. The monoisotopic (exact) mass is 508 g/mol. The van der Waals surface area contributed by atoms with E-state index in [1.165, 1.54) is 0 Å². The third-order valence-corrected chi connectivity index (χ3v) is 6.28. The van der Waals surface area contributed by atoms with Gasteiger partial charge in [-0.2, -0.15) is 0 Å². The standard InChI is InChI=1S/C31H25BrO2/c32-24-23-28(21-22-30(33)34-29-19-11-4-12-20-29)31(25-13-5-1-6-14-25,26-15-7-2-8-16-26)27-17-9-3-10-18-27/h1-20,28H,21-22H2. The fourth-order valence-corrected chi connectivity index (χ4v) is 4.88. The van der Waals surface area contributed by atoms with Gasteiger partial charge in [0.15, 0.2) is 0 Å². The minimum absolute atomic E-state index is 0.192. The van der Waals surface area contributed by atoms with Gasteiger partial charge in [-0.25, -0.2) is 0 Å². The number of ether oxygens (including phenoxy) is 1. The molecule has 0 amide bonds. The molecule has 0 bridgehead atoms. The first-order chi connectivity index (χ1) is 16.7. The van der Waals surface area contributed by atoms with Crippen LogP contribution in [0.1, 0.15) is 29.5 Å². The molecule has 1 unspecified atom stereocenters. The molecule has 0 saturated heterocycles. The molecule has 0 fully saturated rings. The van der Waals surface area contributed by atoms with Crippen molar-refractivity contribution in [1.82, 2.24) is 0 Å². The van der Waals surface area contributed by atoms with Gasteiger partial charge in [0.05, 0.1) is 5.41 Å². The molecule has 0 N–H and O–H groups in total. The number of hydrogen-bond donors (Lipinski definition) is 0. The van der Waals surface area contributed by atoms with Crippen molar-refractivity contribution in [2.24, 2.45) is 5.92 Å². The van der Waals surface area contributed by atoms with Gasteiger partial charge in [-0.15, -0.1) is 0 Å². The summed E-state index contributed by atoms with van der Waals surface area (Å²) < 4.78 is 5.57. The lowest BCUT2D eigenvalue weighted by molar-refractivity contribution is -0.134. The lowest BCUT2D eigenvalue weighted by Gasteiger charge is -2.40. The van der Waals surface area contributed by atoms with Gasteiger partial charge in [0.1, 0.15) is 5.75 Å². The average molecular weight is 509 g/mol. The minimum atomic E-state index is -0.572. The van der Waals surface area contributed by atoms with Crippen LogP contribution in [-0.4, -0.2) is 5.97 Å². The van der Waals surface area contributed by atoms with Crippen LogP contribution in [0, 0.1) is 16.7 Å². The molecular weight excluding hydrogens is 484 g/mol. The van der Waals surface area contributed by atoms with Crippen molar-refractivity contribution in [3.05, 3.63) is 138 Å². The van der Waals surface area contributed by atoms with Crippen LogP contribution in [0.3, 0.4) is 0 Å². The molecule has 0 radical (unpaired) electrons. The number of carbonyl (C=O) groups excluding carboxylic acids is 1. The first kappa shape index (κ1) is 23.5. The minimum Gasteiger partial charge on any atom is -0.427 e.